The van der Waals surface area contributed by atoms with Crippen molar-refractivity contribution in [1.29, 1.82) is 0 Å². The Morgan fingerprint density at radius 3 is 2.04 bits per heavy atom. The van der Waals surface area contributed by atoms with Crippen LogP contribution < -0.4 is 0 Å². The molecule has 0 aromatic heterocycles. The first kappa shape index (κ1) is 17.8. The molecule has 0 unspecified atom stereocenters. The Hall–Kier alpha value is -2.98. The van der Waals surface area contributed by atoms with E-state index >= 15 is 0 Å². The van der Waals surface area contributed by atoms with E-state index in [2.05, 4.69) is 21.1 Å². The minimum atomic E-state index is -0.528. The largest absolute Gasteiger partial charge is 0.358 e. The van der Waals surface area contributed by atoms with Crippen LogP contribution in [0.4, 0.5) is 0 Å². The van der Waals surface area contributed by atoms with Crippen molar-refractivity contribution in [3.63, 3.8) is 0 Å². The van der Waals surface area contributed by atoms with Gasteiger partial charge in [-0.2, -0.15) is 0 Å². The minimum absolute atomic E-state index is 0.528. The van der Waals surface area contributed by atoms with Crippen molar-refractivity contribution in [1.82, 2.24) is 0 Å². The Bertz CT molecular complexity index is 917. The molecule has 0 bridgehead atoms. The number of oxime groups is 1. The summed E-state index contributed by atoms with van der Waals surface area (Å²) < 4.78 is 0.969. The molecule has 0 heterocycles. The highest BCUT2D eigenvalue weighted by molar-refractivity contribution is 9.10. The number of carbonyl (C=O) groups excluding carboxylic acids is 1. The third-order valence-electron chi connectivity index (χ3n) is 3.60. The SMILES string of the molecule is O=C(C=Cc1ccccc1)ON=C(c1ccccc1)c1ccc(Br)cc1. The molecule has 0 radical (unpaired) electrons. The molecular formula is C22H16BrNO2. The van der Waals surface area contributed by atoms with E-state index in [9.17, 15) is 4.79 Å². The van der Waals surface area contributed by atoms with E-state index in [0.29, 0.717) is 5.71 Å². The lowest BCUT2D eigenvalue weighted by Crippen LogP contribution is -2.06. The third kappa shape index (κ3) is 5.01. The lowest BCUT2D eigenvalue weighted by molar-refractivity contribution is -0.137. The van der Waals surface area contributed by atoms with Crippen LogP contribution in [0.1, 0.15) is 16.7 Å². The van der Waals surface area contributed by atoms with Crippen LogP contribution >= 0.6 is 15.9 Å². The van der Waals surface area contributed by atoms with Crippen LogP contribution in [0.5, 0.6) is 0 Å². The van der Waals surface area contributed by atoms with Crippen LogP contribution in [0, 0.1) is 0 Å². The van der Waals surface area contributed by atoms with E-state index < -0.39 is 5.97 Å². The number of rotatable bonds is 5. The number of carbonyl (C=O) groups is 1. The molecule has 3 aromatic rings. The van der Waals surface area contributed by atoms with E-state index in [1.807, 2.05) is 84.9 Å². The fraction of sp³-hybridized carbons (Fsp3) is 0. The average molecular weight is 406 g/mol. The normalized spacial score (nSPS) is 11.5. The van der Waals surface area contributed by atoms with Crippen molar-refractivity contribution < 1.29 is 9.63 Å². The van der Waals surface area contributed by atoms with Crippen molar-refractivity contribution in [3.8, 4) is 0 Å². The summed E-state index contributed by atoms with van der Waals surface area (Å²) >= 11 is 3.42. The predicted octanol–water partition coefficient (Wildman–Crippen LogP) is 5.46. The zero-order valence-electron chi connectivity index (χ0n) is 13.9. The van der Waals surface area contributed by atoms with Crippen LogP contribution in [0.15, 0.2) is 101 Å². The topological polar surface area (TPSA) is 38.7 Å². The van der Waals surface area contributed by atoms with Gasteiger partial charge in [-0.05, 0) is 23.8 Å². The molecule has 0 saturated heterocycles. The van der Waals surface area contributed by atoms with Gasteiger partial charge in [0.15, 0.2) is 0 Å². The van der Waals surface area contributed by atoms with E-state index in [0.717, 1.165) is 21.2 Å². The Labute approximate surface area is 160 Å². The first-order valence-corrected chi connectivity index (χ1v) is 8.85. The lowest BCUT2D eigenvalue weighted by atomic mass is 10.0. The van der Waals surface area contributed by atoms with Crippen LogP contribution in [0.25, 0.3) is 6.08 Å². The molecule has 0 N–H and O–H groups in total. The highest BCUT2D eigenvalue weighted by atomic mass is 79.9. The Kier molecular flexibility index (Phi) is 6.12. The van der Waals surface area contributed by atoms with Gasteiger partial charge >= 0.3 is 5.97 Å². The molecule has 0 aliphatic rings. The first-order chi connectivity index (χ1) is 12.7. The molecule has 3 rings (SSSR count). The smallest absolute Gasteiger partial charge is 0.313 e. The van der Waals surface area contributed by atoms with Gasteiger partial charge in [0, 0.05) is 21.7 Å². The van der Waals surface area contributed by atoms with Gasteiger partial charge in [0.1, 0.15) is 5.71 Å². The summed E-state index contributed by atoms with van der Waals surface area (Å²) in [6.07, 6.45) is 3.06. The fourth-order valence-corrected chi connectivity index (χ4v) is 2.59. The third-order valence-corrected chi connectivity index (χ3v) is 4.13. The number of hydrogen-bond donors (Lipinski definition) is 0. The molecule has 0 saturated carbocycles. The molecule has 4 heteroatoms. The molecule has 0 aliphatic heterocycles. The van der Waals surface area contributed by atoms with Gasteiger partial charge in [-0.3, -0.25) is 0 Å². The number of nitrogens with zero attached hydrogens (tertiary/aromatic N) is 1. The van der Waals surface area contributed by atoms with Crippen LogP contribution in [0.2, 0.25) is 0 Å². The molecule has 0 fully saturated rings. The van der Waals surface area contributed by atoms with Crippen molar-refractivity contribution in [2.75, 3.05) is 0 Å². The average Bonchev–Trinajstić information content (AvgIpc) is 2.69. The van der Waals surface area contributed by atoms with Crippen LogP contribution in [-0.2, 0) is 9.63 Å². The number of halogens is 1. The van der Waals surface area contributed by atoms with Gasteiger partial charge in [-0.1, -0.05) is 93.9 Å². The zero-order valence-corrected chi connectivity index (χ0v) is 15.5. The van der Waals surface area contributed by atoms with E-state index in [1.54, 1.807) is 6.08 Å². The van der Waals surface area contributed by atoms with Crippen molar-refractivity contribution >= 4 is 33.7 Å². The van der Waals surface area contributed by atoms with Crippen LogP contribution in [-0.4, -0.2) is 11.7 Å². The van der Waals surface area contributed by atoms with Crippen molar-refractivity contribution in [2.24, 2.45) is 5.16 Å². The summed E-state index contributed by atoms with van der Waals surface area (Å²) in [6, 6.07) is 26.8. The quantitative estimate of drug-likeness (QED) is 0.244. The Morgan fingerprint density at radius 1 is 0.808 bits per heavy atom. The maximum atomic E-state index is 12.0. The highest BCUT2D eigenvalue weighted by Crippen LogP contribution is 2.15. The monoisotopic (exact) mass is 405 g/mol. The number of benzene rings is 3. The van der Waals surface area contributed by atoms with Gasteiger partial charge in [0.25, 0.3) is 0 Å². The predicted molar refractivity (Wildman–Crippen MR) is 108 cm³/mol. The van der Waals surface area contributed by atoms with Gasteiger partial charge in [-0.25, -0.2) is 4.79 Å². The second kappa shape index (κ2) is 8.92. The molecule has 0 amide bonds. The van der Waals surface area contributed by atoms with E-state index in [-0.39, 0.29) is 0 Å². The van der Waals surface area contributed by atoms with Crippen molar-refractivity contribution in [3.05, 3.63) is 112 Å². The second-order valence-electron chi connectivity index (χ2n) is 5.47. The highest BCUT2D eigenvalue weighted by Gasteiger charge is 2.09. The summed E-state index contributed by atoms with van der Waals surface area (Å²) in [5.74, 6) is -0.528. The lowest BCUT2D eigenvalue weighted by Gasteiger charge is -2.06. The molecule has 0 spiro atoms. The van der Waals surface area contributed by atoms with Crippen LogP contribution in [0.3, 0.4) is 0 Å². The summed E-state index contributed by atoms with van der Waals surface area (Å²) in [6.45, 7) is 0. The van der Waals surface area contributed by atoms with Gasteiger partial charge < -0.3 is 4.84 Å². The molecule has 3 nitrogen and oxygen atoms in total. The summed E-state index contributed by atoms with van der Waals surface area (Å²) in [7, 11) is 0. The maximum Gasteiger partial charge on any atom is 0.358 e. The summed E-state index contributed by atoms with van der Waals surface area (Å²) in [5.41, 5.74) is 3.25. The first-order valence-electron chi connectivity index (χ1n) is 8.06. The minimum Gasteiger partial charge on any atom is -0.313 e. The molecule has 26 heavy (non-hydrogen) atoms. The maximum absolute atomic E-state index is 12.0. The van der Waals surface area contributed by atoms with E-state index in [4.69, 9.17) is 4.84 Å². The van der Waals surface area contributed by atoms with Gasteiger partial charge in [0.2, 0.25) is 0 Å². The molecule has 128 valence electrons. The standard InChI is InChI=1S/C22H16BrNO2/c23-20-14-12-19(13-15-20)22(18-9-5-2-6-10-18)24-26-21(25)16-11-17-7-3-1-4-8-17/h1-16H. The molecule has 3 aromatic carbocycles. The zero-order chi connectivity index (χ0) is 18.2. The van der Waals surface area contributed by atoms with E-state index in [1.165, 1.54) is 6.08 Å². The molecule has 0 aliphatic carbocycles. The Balaban J connectivity index is 1.81. The fourth-order valence-electron chi connectivity index (χ4n) is 2.33. The molecule has 0 atom stereocenters. The summed E-state index contributed by atoms with van der Waals surface area (Å²) in [5, 5.41) is 4.11. The Morgan fingerprint density at radius 2 is 1.38 bits per heavy atom. The van der Waals surface area contributed by atoms with Gasteiger partial charge in [0.05, 0.1) is 0 Å². The molecular weight excluding hydrogens is 390 g/mol. The second-order valence-corrected chi connectivity index (χ2v) is 6.38. The van der Waals surface area contributed by atoms with Crippen molar-refractivity contribution in [2.45, 2.75) is 0 Å². The summed E-state index contributed by atoms with van der Waals surface area (Å²) in [4.78, 5) is 17.1. The van der Waals surface area contributed by atoms with Gasteiger partial charge in [-0.15, -0.1) is 0 Å². The number of hydrogen-bond acceptors (Lipinski definition) is 3.